The van der Waals surface area contributed by atoms with Crippen LogP contribution < -0.4 is 5.32 Å². The third-order valence-electron chi connectivity index (χ3n) is 6.83. The summed E-state index contributed by atoms with van der Waals surface area (Å²) in [6.07, 6.45) is 0.493. The molecule has 1 heterocycles. The Hall–Kier alpha value is -3.39. The molecule has 2 amide bonds. The lowest BCUT2D eigenvalue weighted by molar-refractivity contribution is -0.177. The molecule has 0 aromatic heterocycles. The van der Waals surface area contributed by atoms with Gasteiger partial charge in [0.25, 0.3) is 0 Å². The first kappa shape index (κ1) is 24.7. The van der Waals surface area contributed by atoms with Gasteiger partial charge in [0.2, 0.25) is 5.91 Å². The van der Waals surface area contributed by atoms with E-state index in [4.69, 9.17) is 14.6 Å². The summed E-state index contributed by atoms with van der Waals surface area (Å²) in [7, 11) is 0. The number of carboxylic acid groups (broad SMARTS) is 1. The van der Waals surface area contributed by atoms with Crippen LogP contribution in [-0.2, 0) is 19.1 Å². The van der Waals surface area contributed by atoms with Crippen molar-refractivity contribution in [3.8, 4) is 11.1 Å². The van der Waals surface area contributed by atoms with Crippen molar-refractivity contribution >= 4 is 18.0 Å². The van der Waals surface area contributed by atoms with Crippen LogP contribution in [0, 0.1) is 0 Å². The fourth-order valence-electron chi connectivity index (χ4n) is 5.16. The quantitative estimate of drug-likeness (QED) is 0.566. The average molecular weight is 481 g/mol. The number of hydrogen-bond donors (Lipinski definition) is 2. The molecule has 0 bridgehead atoms. The van der Waals surface area contributed by atoms with Gasteiger partial charge in [-0.1, -0.05) is 61.9 Å². The van der Waals surface area contributed by atoms with Gasteiger partial charge in [-0.25, -0.2) is 9.59 Å². The van der Waals surface area contributed by atoms with E-state index in [-0.39, 0.29) is 31.5 Å². The Labute approximate surface area is 205 Å². The molecule has 2 N–H and O–H groups in total. The van der Waals surface area contributed by atoms with Gasteiger partial charge < -0.3 is 24.8 Å². The number of ether oxygens (including phenoxy) is 2. The van der Waals surface area contributed by atoms with E-state index < -0.39 is 29.8 Å². The average Bonchev–Trinajstić information content (AvgIpc) is 3.13. The molecular formula is C27H32N2O6. The molecule has 2 aromatic rings. The highest BCUT2D eigenvalue weighted by molar-refractivity contribution is 5.90. The summed E-state index contributed by atoms with van der Waals surface area (Å²) in [6.45, 7) is 5.71. The smallest absolute Gasteiger partial charge is 0.408 e. The van der Waals surface area contributed by atoms with Crippen molar-refractivity contribution in [3.05, 3.63) is 59.7 Å². The number of nitrogens with one attached hydrogen (secondary N) is 1. The Morgan fingerprint density at radius 1 is 1.09 bits per heavy atom. The highest BCUT2D eigenvalue weighted by Gasteiger charge is 2.48. The van der Waals surface area contributed by atoms with Crippen molar-refractivity contribution in [2.75, 3.05) is 26.3 Å². The van der Waals surface area contributed by atoms with Crippen LogP contribution in [0.3, 0.4) is 0 Å². The SMILES string of the molecule is CCCC(C)(NC(=O)OCC1c2ccccc2-c2ccccc21)C(=O)N1CC(C)(OCC(=O)O)C1. The number of hydrogen-bond acceptors (Lipinski definition) is 5. The summed E-state index contributed by atoms with van der Waals surface area (Å²) in [5.74, 6) is -1.35. The van der Waals surface area contributed by atoms with Crippen molar-refractivity contribution in [1.29, 1.82) is 0 Å². The Morgan fingerprint density at radius 2 is 1.66 bits per heavy atom. The van der Waals surface area contributed by atoms with Gasteiger partial charge >= 0.3 is 12.1 Å². The zero-order chi connectivity index (χ0) is 25.2. The van der Waals surface area contributed by atoms with Crippen molar-refractivity contribution < 1.29 is 29.0 Å². The number of carboxylic acids is 1. The second kappa shape index (κ2) is 9.70. The molecule has 1 unspecified atom stereocenters. The lowest BCUT2D eigenvalue weighted by Gasteiger charge is -2.49. The predicted molar refractivity (Wildman–Crippen MR) is 130 cm³/mol. The maximum atomic E-state index is 13.3. The van der Waals surface area contributed by atoms with Crippen LogP contribution in [0.5, 0.6) is 0 Å². The first-order chi connectivity index (χ1) is 16.7. The van der Waals surface area contributed by atoms with E-state index in [9.17, 15) is 14.4 Å². The lowest BCUT2D eigenvalue weighted by atomic mass is 9.89. The predicted octanol–water partition coefficient (Wildman–Crippen LogP) is 3.79. The van der Waals surface area contributed by atoms with Crippen molar-refractivity contribution in [1.82, 2.24) is 10.2 Å². The monoisotopic (exact) mass is 480 g/mol. The normalized spacial score (nSPS) is 17.5. The van der Waals surface area contributed by atoms with Crippen LogP contribution in [0.15, 0.2) is 48.5 Å². The highest BCUT2D eigenvalue weighted by atomic mass is 16.5. The Bertz CT molecular complexity index is 1080. The number of carbonyl (C=O) groups excluding carboxylic acids is 2. The van der Waals surface area contributed by atoms with Gasteiger partial charge in [0.15, 0.2) is 0 Å². The van der Waals surface area contributed by atoms with Gasteiger partial charge in [-0.15, -0.1) is 0 Å². The molecule has 35 heavy (non-hydrogen) atoms. The van der Waals surface area contributed by atoms with Crippen LogP contribution in [-0.4, -0.2) is 65.4 Å². The van der Waals surface area contributed by atoms with Crippen molar-refractivity contribution in [2.24, 2.45) is 0 Å². The van der Waals surface area contributed by atoms with E-state index in [1.807, 2.05) is 31.2 Å². The molecule has 1 atom stereocenters. The van der Waals surface area contributed by atoms with E-state index >= 15 is 0 Å². The van der Waals surface area contributed by atoms with E-state index in [2.05, 4.69) is 29.6 Å². The molecular weight excluding hydrogens is 448 g/mol. The van der Waals surface area contributed by atoms with Crippen LogP contribution in [0.4, 0.5) is 4.79 Å². The molecule has 0 saturated carbocycles. The minimum atomic E-state index is -1.13. The van der Waals surface area contributed by atoms with Gasteiger partial charge in [-0.05, 0) is 42.5 Å². The van der Waals surface area contributed by atoms with Gasteiger partial charge in [0.1, 0.15) is 24.4 Å². The molecule has 2 aromatic carbocycles. The van der Waals surface area contributed by atoms with Gasteiger partial charge in [0, 0.05) is 5.92 Å². The standard InChI is InChI=1S/C27H32N2O6/c1-4-13-27(3,24(32)29-16-26(2,17-29)35-15-23(30)31)28-25(33)34-14-22-20-11-7-5-9-18(20)19-10-6-8-12-21(19)22/h5-12,22H,4,13-17H2,1-3H3,(H,28,33)(H,30,31). The van der Waals surface area contributed by atoms with Crippen LogP contribution in [0.2, 0.25) is 0 Å². The molecule has 4 rings (SSSR count). The molecule has 1 saturated heterocycles. The van der Waals surface area contributed by atoms with Crippen LogP contribution in [0.25, 0.3) is 11.1 Å². The van der Waals surface area contributed by atoms with E-state index in [1.54, 1.807) is 18.7 Å². The molecule has 2 aliphatic rings. The number of alkyl carbamates (subject to hydrolysis) is 1. The van der Waals surface area contributed by atoms with Gasteiger partial charge in [0.05, 0.1) is 13.1 Å². The van der Waals surface area contributed by atoms with Gasteiger partial charge in [-0.3, -0.25) is 4.79 Å². The summed E-state index contributed by atoms with van der Waals surface area (Å²) in [4.78, 5) is 38.5. The third kappa shape index (κ3) is 5.03. The fourth-order valence-corrected chi connectivity index (χ4v) is 5.16. The maximum absolute atomic E-state index is 13.3. The molecule has 8 heteroatoms. The topological polar surface area (TPSA) is 105 Å². The van der Waals surface area contributed by atoms with E-state index in [0.717, 1.165) is 22.3 Å². The molecule has 0 spiro atoms. The lowest BCUT2D eigenvalue weighted by Crippen LogP contribution is -2.69. The molecule has 0 radical (unpaired) electrons. The summed E-state index contributed by atoms with van der Waals surface area (Å²) in [5.41, 5.74) is 2.70. The number of amides is 2. The zero-order valence-electron chi connectivity index (χ0n) is 20.4. The number of benzene rings is 2. The maximum Gasteiger partial charge on any atom is 0.408 e. The minimum absolute atomic E-state index is 0.0660. The Kier molecular flexibility index (Phi) is 6.85. The Balaban J connectivity index is 1.39. The van der Waals surface area contributed by atoms with E-state index in [0.29, 0.717) is 12.8 Å². The summed E-state index contributed by atoms with van der Waals surface area (Å²) in [6, 6.07) is 16.2. The number of nitrogens with zero attached hydrogens (tertiary/aromatic N) is 1. The number of aliphatic carboxylic acids is 1. The van der Waals surface area contributed by atoms with Gasteiger partial charge in [-0.2, -0.15) is 0 Å². The summed E-state index contributed by atoms with van der Waals surface area (Å²) < 4.78 is 11.1. The second-order valence-electron chi connectivity index (χ2n) is 9.83. The number of likely N-dealkylation sites (tertiary alicyclic amines) is 1. The van der Waals surface area contributed by atoms with Crippen LogP contribution >= 0.6 is 0 Å². The summed E-state index contributed by atoms with van der Waals surface area (Å²) in [5, 5.41) is 11.6. The first-order valence-corrected chi connectivity index (χ1v) is 11.9. The largest absolute Gasteiger partial charge is 0.480 e. The minimum Gasteiger partial charge on any atom is -0.480 e. The molecule has 1 aliphatic carbocycles. The number of carbonyl (C=O) groups is 3. The second-order valence-corrected chi connectivity index (χ2v) is 9.83. The molecule has 1 fully saturated rings. The number of fused-ring (bicyclic) bond motifs is 3. The van der Waals surface area contributed by atoms with Crippen molar-refractivity contribution in [2.45, 2.75) is 50.7 Å². The first-order valence-electron chi connectivity index (χ1n) is 11.9. The summed E-state index contributed by atoms with van der Waals surface area (Å²) >= 11 is 0. The molecule has 1 aliphatic heterocycles. The van der Waals surface area contributed by atoms with Crippen LogP contribution in [0.1, 0.15) is 50.7 Å². The number of rotatable bonds is 9. The van der Waals surface area contributed by atoms with E-state index in [1.165, 1.54) is 0 Å². The molecule has 186 valence electrons. The third-order valence-corrected chi connectivity index (χ3v) is 6.83. The zero-order valence-corrected chi connectivity index (χ0v) is 20.4. The fraction of sp³-hybridized carbons (Fsp3) is 0.444. The molecule has 8 nitrogen and oxygen atoms in total. The highest BCUT2D eigenvalue weighted by Crippen LogP contribution is 2.44. The van der Waals surface area contributed by atoms with Crippen molar-refractivity contribution in [3.63, 3.8) is 0 Å². The Morgan fingerprint density at radius 3 is 2.20 bits per heavy atom.